The molecule has 3 aromatic carbocycles. The average Bonchev–Trinajstić information content (AvgIpc) is 3.64. The first-order valence-electron chi connectivity index (χ1n) is 12.9. The smallest absolute Gasteiger partial charge is 0.257 e. The molecule has 0 radical (unpaired) electrons. The summed E-state index contributed by atoms with van der Waals surface area (Å²) >= 11 is 12.3. The molecule has 1 fully saturated rings. The Morgan fingerprint density at radius 3 is 2.27 bits per heavy atom. The highest BCUT2D eigenvalue weighted by Crippen LogP contribution is 2.53. The Balaban J connectivity index is 1.78. The van der Waals surface area contributed by atoms with Crippen molar-refractivity contribution in [3.8, 4) is 0 Å². The number of carbonyl (C=O) groups is 2. The topological polar surface area (TPSA) is 80.8 Å². The maximum atomic E-state index is 16.1. The maximum Gasteiger partial charge on any atom is 0.257 e. The second kappa shape index (κ2) is 10.2. The van der Waals surface area contributed by atoms with Crippen LogP contribution >= 0.6 is 23.2 Å². The van der Waals surface area contributed by atoms with Gasteiger partial charge >= 0.3 is 0 Å². The van der Waals surface area contributed by atoms with Gasteiger partial charge in [0.2, 0.25) is 0 Å². The van der Waals surface area contributed by atoms with E-state index in [1.54, 1.807) is 24.3 Å². The van der Waals surface area contributed by atoms with E-state index in [9.17, 15) is 18.0 Å². The number of nitrogens with zero attached hydrogens (tertiary/aromatic N) is 1. The number of Topliss-reactive ketones (excluding diaryl/α,β-unsaturated/α-hetero) is 1. The van der Waals surface area contributed by atoms with Crippen LogP contribution in [0.25, 0.3) is 0 Å². The predicted octanol–water partition coefficient (Wildman–Crippen LogP) is 6.80. The Labute approximate surface area is 243 Å². The zero-order chi connectivity index (χ0) is 29.0. The van der Waals surface area contributed by atoms with Crippen LogP contribution in [0.15, 0.2) is 59.5 Å². The molecule has 0 spiro atoms. The summed E-state index contributed by atoms with van der Waals surface area (Å²) < 4.78 is 48.3. The summed E-state index contributed by atoms with van der Waals surface area (Å²) in [6, 6.07) is 13.5. The fraction of sp³-hybridized carbons (Fsp3) is 0.333. The number of ether oxygens (including phenoxy) is 1. The molecule has 1 heterocycles. The van der Waals surface area contributed by atoms with Crippen LogP contribution in [-0.2, 0) is 26.8 Å². The van der Waals surface area contributed by atoms with E-state index in [1.165, 1.54) is 36.1 Å². The lowest BCUT2D eigenvalue weighted by molar-refractivity contribution is -0.127. The van der Waals surface area contributed by atoms with Gasteiger partial charge in [-0.25, -0.2) is 12.8 Å². The van der Waals surface area contributed by atoms with Crippen molar-refractivity contribution >= 4 is 44.7 Å². The number of ketones is 1. The number of sulfone groups is 1. The molecule has 1 aliphatic carbocycles. The van der Waals surface area contributed by atoms with E-state index in [0.717, 1.165) is 31.6 Å². The number of amides is 1. The Kier molecular flexibility index (Phi) is 7.36. The van der Waals surface area contributed by atoms with E-state index in [2.05, 4.69) is 6.92 Å². The Morgan fingerprint density at radius 1 is 1.05 bits per heavy atom. The summed E-state index contributed by atoms with van der Waals surface area (Å²) in [4.78, 5) is 27.7. The van der Waals surface area contributed by atoms with Crippen molar-refractivity contribution in [1.82, 2.24) is 4.90 Å². The van der Waals surface area contributed by atoms with Crippen LogP contribution in [0.2, 0.25) is 10.0 Å². The standard InChI is InChI=1S/C30H28Cl2FNO5S/c1-4-29(11-12-29)17-39-30(21-6-9-22(31)10-7-21)27-24(13-20(18(2)35)14-25(27)33)28(36)34(30)16-19-5-8-23(32)15-26(19)40(3,37)38/h5-10,13-15H,4,11-12,16-17H2,1-3H3/t30-/m1/s1. The normalized spacial score (nSPS) is 19.6. The van der Waals surface area contributed by atoms with Gasteiger partial charge < -0.3 is 4.74 Å². The van der Waals surface area contributed by atoms with Crippen molar-refractivity contribution in [3.05, 3.63) is 98.3 Å². The summed E-state index contributed by atoms with van der Waals surface area (Å²) in [5, 5.41) is 0.655. The fourth-order valence-electron chi connectivity index (χ4n) is 5.35. The minimum Gasteiger partial charge on any atom is -0.346 e. The number of hydrogen-bond acceptors (Lipinski definition) is 5. The quantitative estimate of drug-likeness (QED) is 0.251. The first kappa shape index (κ1) is 28.7. The van der Waals surface area contributed by atoms with E-state index in [-0.39, 0.29) is 45.2 Å². The number of fused-ring (bicyclic) bond motifs is 1. The monoisotopic (exact) mass is 603 g/mol. The second-order valence-corrected chi connectivity index (χ2v) is 13.5. The van der Waals surface area contributed by atoms with Gasteiger partial charge in [-0.15, -0.1) is 0 Å². The Hall–Kier alpha value is -2.78. The molecule has 0 N–H and O–H groups in total. The molecule has 1 amide bonds. The molecule has 2 aliphatic rings. The maximum absolute atomic E-state index is 16.1. The zero-order valence-electron chi connectivity index (χ0n) is 22.3. The largest absolute Gasteiger partial charge is 0.346 e. The van der Waals surface area contributed by atoms with Gasteiger partial charge in [-0.1, -0.05) is 48.3 Å². The van der Waals surface area contributed by atoms with E-state index in [4.69, 9.17) is 27.9 Å². The number of carbonyl (C=O) groups excluding carboxylic acids is 2. The third kappa shape index (κ3) is 4.96. The van der Waals surface area contributed by atoms with Gasteiger partial charge in [-0.05, 0) is 73.6 Å². The van der Waals surface area contributed by atoms with Crippen molar-refractivity contribution in [3.63, 3.8) is 0 Å². The summed E-state index contributed by atoms with van der Waals surface area (Å²) in [6.45, 7) is 3.36. The minimum atomic E-state index is -3.75. The van der Waals surface area contributed by atoms with E-state index >= 15 is 4.39 Å². The van der Waals surface area contributed by atoms with Crippen molar-refractivity contribution in [1.29, 1.82) is 0 Å². The van der Waals surface area contributed by atoms with Gasteiger partial charge in [0, 0.05) is 27.4 Å². The van der Waals surface area contributed by atoms with Crippen LogP contribution in [0.1, 0.15) is 70.5 Å². The average molecular weight is 605 g/mol. The third-order valence-corrected chi connectivity index (χ3v) is 9.64. The van der Waals surface area contributed by atoms with Crippen molar-refractivity contribution in [2.24, 2.45) is 5.41 Å². The van der Waals surface area contributed by atoms with Crippen molar-refractivity contribution < 1.29 is 27.1 Å². The highest BCUT2D eigenvalue weighted by atomic mass is 35.5. The lowest BCUT2D eigenvalue weighted by Gasteiger charge is -2.41. The first-order chi connectivity index (χ1) is 18.8. The lowest BCUT2D eigenvalue weighted by Crippen LogP contribution is -2.48. The van der Waals surface area contributed by atoms with Crippen LogP contribution in [0, 0.1) is 11.2 Å². The van der Waals surface area contributed by atoms with Crippen LogP contribution < -0.4 is 0 Å². The summed E-state index contributed by atoms with van der Waals surface area (Å²) in [5.74, 6) is -1.76. The van der Waals surface area contributed by atoms with Crippen LogP contribution in [-0.4, -0.2) is 37.9 Å². The Morgan fingerprint density at radius 2 is 1.70 bits per heavy atom. The highest BCUT2D eigenvalue weighted by molar-refractivity contribution is 7.90. The predicted molar refractivity (Wildman–Crippen MR) is 151 cm³/mol. The molecular formula is C30H28Cl2FNO5S. The van der Waals surface area contributed by atoms with Crippen LogP contribution in [0.5, 0.6) is 0 Å². The van der Waals surface area contributed by atoms with Gasteiger partial charge in [-0.3, -0.25) is 14.5 Å². The number of halogens is 3. The van der Waals surface area contributed by atoms with E-state index in [1.807, 2.05) is 0 Å². The molecule has 5 rings (SSSR count). The molecule has 1 aliphatic heterocycles. The van der Waals surface area contributed by atoms with Gasteiger partial charge in [0.15, 0.2) is 21.3 Å². The van der Waals surface area contributed by atoms with E-state index in [0.29, 0.717) is 16.1 Å². The molecule has 10 heteroatoms. The summed E-state index contributed by atoms with van der Waals surface area (Å²) in [5.41, 5.74) is -1.12. The minimum absolute atomic E-state index is 0.0173. The molecule has 0 unspecified atom stereocenters. The number of rotatable bonds is 9. The summed E-state index contributed by atoms with van der Waals surface area (Å²) in [6.07, 6.45) is 3.76. The molecule has 3 aromatic rings. The first-order valence-corrected chi connectivity index (χ1v) is 15.5. The summed E-state index contributed by atoms with van der Waals surface area (Å²) in [7, 11) is -3.75. The van der Waals surface area contributed by atoms with Gasteiger partial charge in [0.1, 0.15) is 5.82 Å². The van der Waals surface area contributed by atoms with E-state index < -0.39 is 33.1 Å². The third-order valence-electron chi connectivity index (χ3n) is 7.98. The van der Waals surface area contributed by atoms with Crippen molar-refractivity contribution in [2.45, 2.75) is 50.3 Å². The van der Waals surface area contributed by atoms with Gasteiger partial charge in [0.25, 0.3) is 5.91 Å². The highest BCUT2D eigenvalue weighted by Gasteiger charge is 2.56. The SMILES string of the molecule is CCC1(CO[C@]2(c3ccc(Cl)cc3)c3c(F)cc(C(C)=O)cc3C(=O)N2Cc2ccc(Cl)cc2S(C)(=O)=O)CC1. The van der Waals surface area contributed by atoms with Gasteiger partial charge in [0.05, 0.1) is 29.2 Å². The molecular weight excluding hydrogens is 576 g/mol. The Bertz CT molecular complexity index is 1640. The van der Waals surface area contributed by atoms with Crippen LogP contribution in [0.3, 0.4) is 0 Å². The molecule has 6 nitrogen and oxygen atoms in total. The molecule has 1 atom stereocenters. The molecule has 0 bridgehead atoms. The van der Waals surface area contributed by atoms with Gasteiger partial charge in [-0.2, -0.15) is 0 Å². The molecule has 0 saturated heterocycles. The number of hydrogen-bond donors (Lipinski definition) is 0. The van der Waals surface area contributed by atoms with Crippen LogP contribution in [0.4, 0.5) is 4.39 Å². The molecule has 0 aromatic heterocycles. The van der Waals surface area contributed by atoms with Crippen molar-refractivity contribution in [2.75, 3.05) is 12.9 Å². The number of benzene rings is 3. The zero-order valence-corrected chi connectivity index (χ0v) is 24.6. The fourth-order valence-corrected chi connectivity index (χ4v) is 6.66. The molecule has 1 saturated carbocycles. The lowest BCUT2D eigenvalue weighted by atomic mass is 9.90. The second-order valence-electron chi connectivity index (χ2n) is 10.6. The molecule has 40 heavy (non-hydrogen) atoms. The molecule has 210 valence electrons.